The molecule has 3 rings (SSSR count). The Morgan fingerprint density at radius 1 is 1.41 bits per heavy atom. The largest absolute Gasteiger partial charge is 0.482 e. The summed E-state index contributed by atoms with van der Waals surface area (Å²) in [6.45, 7) is 1.85. The van der Waals surface area contributed by atoms with Crippen molar-refractivity contribution in [3.8, 4) is 5.75 Å². The summed E-state index contributed by atoms with van der Waals surface area (Å²) in [5.41, 5.74) is 1.94. The zero-order valence-corrected chi connectivity index (χ0v) is 13.7. The average molecular weight is 317 g/mol. The summed E-state index contributed by atoms with van der Waals surface area (Å²) in [5, 5.41) is 0.767. The molecule has 1 amide bonds. The van der Waals surface area contributed by atoms with Gasteiger partial charge in [-0.25, -0.2) is 4.98 Å². The second-order valence-electron chi connectivity index (χ2n) is 5.40. The lowest BCUT2D eigenvalue weighted by Gasteiger charge is -2.14. The highest BCUT2D eigenvalue weighted by Crippen LogP contribution is 2.31. The summed E-state index contributed by atoms with van der Waals surface area (Å²) < 4.78 is 5.57. The van der Waals surface area contributed by atoms with Gasteiger partial charge in [0.1, 0.15) is 5.75 Å². The minimum Gasteiger partial charge on any atom is -0.482 e. The Bertz CT molecular complexity index is 660. The van der Waals surface area contributed by atoms with E-state index < -0.39 is 0 Å². The first-order valence-electron chi connectivity index (χ1n) is 7.44. The Balaban J connectivity index is 1.64. The van der Waals surface area contributed by atoms with Gasteiger partial charge in [-0.15, -0.1) is 11.3 Å². The third-order valence-electron chi connectivity index (χ3n) is 3.80. The lowest BCUT2D eigenvalue weighted by molar-refractivity contribution is -0.120. The first kappa shape index (κ1) is 15.0. The topological polar surface area (TPSA) is 55.3 Å². The predicted octanol–water partition coefficient (Wildman–Crippen LogP) is 2.77. The van der Waals surface area contributed by atoms with Gasteiger partial charge in [-0.3, -0.25) is 14.7 Å². The van der Waals surface area contributed by atoms with Crippen LogP contribution in [0.2, 0.25) is 0 Å². The summed E-state index contributed by atoms with van der Waals surface area (Å²) >= 11 is 1.62. The summed E-state index contributed by atoms with van der Waals surface area (Å²) in [7, 11) is 1.76. The fourth-order valence-corrected chi connectivity index (χ4v) is 3.57. The van der Waals surface area contributed by atoms with Gasteiger partial charge >= 0.3 is 0 Å². The Hall–Kier alpha value is -1.95. The van der Waals surface area contributed by atoms with Gasteiger partial charge in [-0.05, 0) is 44.7 Å². The van der Waals surface area contributed by atoms with Crippen LogP contribution in [-0.2, 0) is 17.6 Å². The molecular formula is C16H19N3O2S. The van der Waals surface area contributed by atoms with Gasteiger partial charge in [0.15, 0.2) is 11.7 Å². The van der Waals surface area contributed by atoms with Crippen molar-refractivity contribution in [2.45, 2.75) is 32.6 Å². The highest BCUT2D eigenvalue weighted by molar-refractivity contribution is 7.15. The maximum absolute atomic E-state index is 12.3. The molecule has 0 atom stereocenters. The highest BCUT2D eigenvalue weighted by Gasteiger charge is 2.20. The number of aryl methyl sites for hydroxylation is 3. The zero-order valence-electron chi connectivity index (χ0n) is 12.8. The molecule has 0 spiro atoms. The minimum absolute atomic E-state index is 0.00667. The molecule has 0 aliphatic heterocycles. The number of rotatable bonds is 4. The van der Waals surface area contributed by atoms with Crippen LogP contribution in [0.3, 0.4) is 0 Å². The number of hydrogen-bond acceptors (Lipinski definition) is 5. The van der Waals surface area contributed by atoms with Crippen molar-refractivity contribution >= 4 is 22.4 Å². The van der Waals surface area contributed by atoms with Gasteiger partial charge in [0.25, 0.3) is 5.91 Å². The number of carbonyl (C=O) groups excluding carboxylic acids is 1. The molecule has 6 heteroatoms. The Morgan fingerprint density at radius 3 is 3.00 bits per heavy atom. The van der Waals surface area contributed by atoms with Gasteiger partial charge < -0.3 is 4.74 Å². The molecule has 5 nitrogen and oxygen atoms in total. The van der Waals surface area contributed by atoms with Crippen LogP contribution in [-0.4, -0.2) is 29.5 Å². The van der Waals surface area contributed by atoms with Gasteiger partial charge in [0, 0.05) is 18.1 Å². The molecule has 0 aromatic carbocycles. The summed E-state index contributed by atoms with van der Waals surface area (Å²) in [5.74, 6) is 0.539. The number of likely N-dealkylation sites (N-methyl/N-ethyl adjacent to an activating group) is 1. The van der Waals surface area contributed by atoms with E-state index in [1.54, 1.807) is 35.5 Å². The van der Waals surface area contributed by atoms with E-state index in [1.807, 2.05) is 13.0 Å². The van der Waals surface area contributed by atoms with Crippen molar-refractivity contribution in [1.82, 2.24) is 9.97 Å². The van der Waals surface area contributed by atoms with Crippen molar-refractivity contribution in [1.29, 1.82) is 0 Å². The maximum atomic E-state index is 12.3. The van der Waals surface area contributed by atoms with E-state index in [9.17, 15) is 4.79 Å². The first-order chi connectivity index (χ1) is 10.6. The lowest BCUT2D eigenvalue weighted by Crippen LogP contribution is -2.31. The summed E-state index contributed by atoms with van der Waals surface area (Å²) in [6.07, 6.45) is 6.22. The van der Waals surface area contributed by atoms with Crippen molar-refractivity contribution in [2.24, 2.45) is 0 Å². The third kappa shape index (κ3) is 3.11. The van der Waals surface area contributed by atoms with Crippen LogP contribution in [0.1, 0.15) is 29.1 Å². The molecule has 2 aromatic rings. The number of amides is 1. The van der Waals surface area contributed by atoms with Crippen LogP contribution in [0.15, 0.2) is 18.3 Å². The monoisotopic (exact) mass is 317 g/mol. The number of aromatic nitrogens is 2. The molecule has 0 fully saturated rings. The zero-order chi connectivity index (χ0) is 15.5. The van der Waals surface area contributed by atoms with Gasteiger partial charge in [0.05, 0.1) is 11.4 Å². The van der Waals surface area contributed by atoms with Gasteiger partial charge in [-0.1, -0.05) is 0 Å². The van der Waals surface area contributed by atoms with Crippen molar-refractivity contribution in [2.75, 3.05) is 18.6 Å². The van der Waals surface area contributed by atoms with Crippen molar-refractivity contribution in [3.05, 3.63) is 34.6 Å². The molecule has 116 valence electrons. The van der Waals surface area contributed by atoms with E-state index in [2.05, 4.69) is 9.97 Å². The summed E-state index contributed by atoms with van der Waals surface area (Å²) in [6, 6.07) is 3.61. The molecular weight excluding hydrogens is 298 g/mol. The fraction of sp³-hybridized carbons (Fsp3) is 0.438. The number of thiazole rings is 1. The first-order valence-corrected chi connectivity index (χ1v) is 8.26. The molecule has 22 heavy (non-hydrogen) atoms. The van der Waals surface area contributed by atoms with E-state index in [0.717, 1.165) is 29.4 Å². The van der Waals surface area contributed by atoms with E-state index in [1.165, 1.54) is 17.7 Å². The van der Waals surface area contributed by atoms with Crippen LogP contribution < -0.4 is 9.64 Å². The van der Waals surface area contributed by atoms with Crippen LogP contribution in [0.4, 0.5) is 5.13 Å². The number of hydrogen-bond donors (Lipinski definition) is 0. The normalized spacial score (nSPS) is 13.5. The van der Waals surface area contributed by atoms with Crippen LogP contribution in [0.25, 0.3) is 0 Å². The van der Waals surface area contributed by atoms with Crippen LogP contribution in [0, 0.1) is 6.92 Å². The molecule has 2 heterocycles. The van der Waals surface area contributed by atoms with E-state index in [4.69, 9.17) is 4.74 Å². The molecule has 0 saturated heterocycles. The standard InChI is InChI=1S/C16H19N3O2S/c1-11-13(7-5-9-17-11)21-10-15(20)19(2)16-18-12-6-3-4-8-14(12)22-16/h5,7,9H,3-4,6,8,10H2,1-2H3. The molecule has 0 bridgehead atoms. The van der Waals surface area contributed by atoms with Crippen molar-refractivity contribution in [3.63, 3.8) is 0 Å². The summed E-state index contributed by atoms with van der Waals surface area (Å²) in [4.78, 5) is 23.9. The van der Waals surface area contributed by atoms with E-state index in [-0.39, 0.29) is 12.5 Å². The lowest BCUT2D eigenvalue weighted by atomic mass is 10.0. The average Bonchev–Trinajstić information content (AvgIpc) is 2.97. The molecule has 1 aliphatic carbocycles. The molecule has 0 saturated carbocycles. The minimum atomic E-state index is -0.102. The van der Waals surface area contributed by atoms with E-state index >= 15 is 0 Å². The van der Waals surface area contributed by atoms with Crippen LogP contribution in [0.5, 0.6) is 5.75 Å². The Labute approximate surface area is 134 Å². The molecule has 0 N–H and O–H groups in total. The number of carbonyl (C=O) groups is 1. The Morgan fingerprint density at radius 2 is 2.23 bits per heavy atom. The predicted molar refractivity (Wildman–Crippen MR) is 86.6 cm³/mol. The highest BCUT2D eigenvalue weighted by atomic mass is 32.1. The number of ether oxygens (including phenoxy) is 1. The van der Waals surface area contributed by atoms with Gasteiger partial charge in [0.2, 0.25) is 0 Å². The SMILES string of the molecule is Cc1ncccc1OCC(=O)N(C)c1nc2c(s1)CCCC2. The number of nitrogens with zero attached hydrogens (tertiary/aromatic N) is 3. The Kier molecular flexibility index (Phi) is 4.38. The fourth-order valence-electron chi connectivity index (χ4n) is 2.45. The quantitative estimate of drug-likeness (QED) is 0.870. The number of fused-ring (bicyclic) bond motifs is 1. The smallest absolute Gasteiger partial charge is 0.266 e. The third-order valence-corrected chi connectivity index (χ3v) is 5.04. The van der Waals surface area contributed by atoms with Gasteiger partial charge in [-0.2, -0.15) is 0 Å². The van der Waals surface area contributed by atoms with Crippen molar-refractivity contribution < 1.29 is 9.53 Å². The number of pyridine rings is 1. The molecule has 0 unspecified atom stereocenters. The van der Waals surface area contributed by atoms with E-state index in [0.29, 0.717) is 5.75 Å². The molecule has 1 aliphatic rings. The molecule has 0 radical (unpaired) electrons. The second kappa shape index (κ2) is 6.44. The maximum Gasteiger partial charge on any atom is 0.266 e. The van der Waals surface area contributed by atoms with Crippen LogP contribution >= 0.6 is 11.3 Å². The second-order valence-corrected chi connectivity index (χ2v) is 6.46. The number of anilines is 1. The molecule has 2 aromatic heterocycles.